The number of nitrogens with one attached hydrogen (secondary N) is 1. The summed E-state index contributed by atoms with van der Waals surface area (Å²) in [5, 5.41) is 14.3. The number of nitro groups is 1. The van der Waals surface area contributed by atoms with E-state index in [1.165, 1.54) is 17.7 Å². The Kier molecular flexibility index (Phi) is 7.82. The molecule has 0 saturated carbocycles. The Labute approximate surface area is 184 Å². The predicted molar refractivity (Wildman–Crippen MR) is 120 cm³/mol. The number of ether oxygens (including phenoxy) is 2. The maximum absolute atomic E-state index is 10.8. The molecule has 0 amide bonds. The molecule has 0 atom stereocenters. The molecule has 0 aliphatic rings. The van der Waals surface area contributed by atoms with E-state index in [0.717, 1.165) is 28.6 Å². The van der Waals surface area contributed by atoms with E-state index in [0.29, 0.717) is 18.0 Å². The first kappa shape index (κ1) is 21.8. The van der Waals surface area contributed by atoms with Crippen LogP contribution in [0.5, 0.6) is 11.5 Å². The van der Waals surface area contributed by atoms with Crippen LogP contribution in [0, 0.1) is 10.1 Å². The van der Waals surface area contributed by atoms with Gasteiger partial charge in [0.05, 0.1) is 12.0 Å². The third-order valence-corrected chi connectivity index (χ3v) is 5.40. The molecule has 0 fully saturated rings. The third kappa shape index (κ3) is 5.81. The normalized spacial score (nSPS) is 10.6. The van der Waals surface area contributed by atoms with Crippen molar-refractivity contribution in [2.45, 2.75) is 19.6 Å². The van der Waals surface area contributed by atoms with E-state index in [1.54, 1.807) is 19.2 Å². The van der Waals surface area contributed by atoms with Crippen LogP contribution in [0.2, 0.25) is 0 Å². The number of nitro benzene ring substituents is 1. The molecule has 0 aromatic heterocycles. The van der Waals surface area contributed by atoms with Crippen LogP contribution in [-0.4, -0.2) is 18.6 Å². The molecule has 3 rings (SSSR count). The van der Waals surface area contributed by atoms with Crippen molar-refractivity contribution >= 4 is 21.6 Å². The zero-order chi connectivity index (χ0) is 21.3. The van der Waals surface area contributed by atoms with E-state index in [2.05, 4.69) is 33.4 Å². The minimum atomic E-state index is -0.415. The number of hydrogen-bond acceptors (Lipinski definition) is 5. The molecule has 0 bridgehead atoms. The first-order valence-electron chi connectivity index (χ1n) is 9.54. The van der Waals surface area contributed by atoms with Crippen molar-refractivity contribution in [3.8, 4) is 11.5 Å². The molecule has 156 valence electrons. The maximum Gasteiger partial charge on any atom is 0.269 e. The smallest absolute Gasteiger partial charge is 0.269 e. The molecule has 0 aliphatic heterocycles. The molecule has 0 spiro atoms. The molecular weight excluding hydrogens is 448 g/mol. The number of hydrogen-bond donors (Lipinski definition) is 1. The summed E-state index contributed by atoms with van der Waals surface area (Å²) >= 11 is 3.61. The summed E-state index contributed by atoms with van der Waals surface area (Å²) in [7, 11) is 1.61. The second-order valence-electron chi connectivity index (χ2n) is 6.68. The van der Waals surface area contributed by atoms with E-state index in [9.17, 15) is 10.1 Å². The second kappa shape index (κ2) is 10.8. The molecule has 0 radical (unpaired) electrons. The van der Waals surface area contributed by atoms with Crippen LogP contribution in [-0.2, 0) is 19.6 Å². The summed E-state index contributed by atoms with van der Waals surface area (Å²) in [5.41, 5.74) is 3.14. The first-order valence-corrected chi connectivity index (χ1v) is 10.3. The van der Waals surface area contributed by atoms with Gasteiger partial charge in [-0.05, 0) is 48.4 Å². The lowest BCUT2D eigenvalue weighted by atomic mass is 10.1. The molecule has 0 saturated heterocycles. The molecule has 0 aliphatic carbocycles. The Morgan fingerprint density at radius 2 is 1.73 bits per heavy atom. The number of nitrogens with zero attached hydrogens (tertiary/aromatic N) is 1. The van der Waals surface area contributed by atoms with Crippen molar-refractivity contribution in [1.82, 2.24) is 5.32 Å². The first-order chi connectivity index (χ1) is 14.6. The Bertz CT molecular complexity index is 978. The number of halogens is 1. The topological polar surface area (TPSA) is 73.6 Å². The summed E-state index contributed by atoms with van der Waals surface area (Å²) in [6, 6.07) is 20.4. The molecular formula is C23H23BrN2O4. The van der Waals surface area contributed by atoms with Gasteiger partial charge < -0.3 is 14.8 Å². The van der Waals surface area contributed by atoms with Gasteiger partial charge >= 0.3 is 0 Å². The van der Waals surface area contributed by atoms with Gasteiger partial charge in [-0.3, -0.25) is 10.1 Å². The van der Waals surface area contributed by atoms with Crippen LogP contribution in [0.1, 0.15) is 16.7 Å². The van der Waals surface area contributed by atoms with Crippen molar-refractivity contribution in [1.29, 1.82) is 0 Å². The zero-order valence-electron chi connectivity index (χ0n) is 16.6. The third-order valence-electron chi connectivity index (χ3n) is 4.65. The van der Waals surface area contributed by atoms with Crippen LogP contribution in [0.4, 0.5) is 5.69 Å². The Balaban J connectivity index is 1.67. The summed E-state index contributed by atoms with van der Waals surface area (Å²) < 4.78 is 12.5. The Morgan fingerprint density at radius 1 is 1.00 bits per heavy atom. The highest BCUT2D eigenvalue weighted by Crippen LogP contribution is 2.36. The summed E-state index contributed by atoms with van der Waals surface area (Å²) in [6.45, 7) is 1.72. The van der Waals surface area contributed by atoms with Gasteiger partial charge in [-0.25, -0.2) is 0 Å². The molecule has 3 aromatic carbocycles. The number of rotatable bonds is 10. The van der Waals surface area contributed by atoms with Gasteiger partial charge in [0.1, 0.15) is 6.61 Å². The van der Waals surface area contributed by atoms with Crippen LogP contribution >= 0.6 is 15.9 Å². The van der Waals surface area contributed by atoms with E-state index < -0.39 is 4.92 Å². The summed E-state index contributed by atoms with van der Waals surface area (Å²) in [4.78, 5) is 10.4. The monoisotopic (exact) mass is 470 g/mol. The number of non-ortho nitro benzene ring substituents is 1. The highest BCUT2D eigenvalue weighted by atomic mass is 79.9. The van der Waals surface area contributed by atoms with Crippen molar-refractivity contribution < 1.29 is 14.4 Å². The molecule has 3 aromatic rings. The number of benzene rings is 3. The maximum atomic E-state index is 10.8. The van der Waals surface area contributed by atoms with E-state index >= 15 is 0 Å². The Hall–Kier alpha value is -2.90. The standard InChI is InChI=1S/C23H23BrN2O4/c1-29-22-12-11-21(24)20(15-25-14-13-17-5-3-2-4-6-17)23(22)30-16-18-7-9-19(10-8-18)26(27)28/h2-12,25H,13-16H2,1H3. The van der Waals surface area contributed by atoms with Crippen molar-refractivity contribution in [3.63, 3.8) is 0 Å². The van der Waals surface area contributed by atoms with Crippen molar-refractivity contribution in [3.05, 3.63) is 98.0 Å². The summed E-state index contributed by atoms with van der Waals surface area (Å²) in [6.07, 6.45) is 0.932. The molecule has 0 heterocycles. The van der Waals surface area contributed by atoms with Gasteiger partial charge in [-0.1, -0.05) is 46.3 Å². The highest BCUT2D eigenvalue weighted by molar-refractivity contribution is 9.10. The SMILES string of the molecule is COc1ccc(Br)c(CNCCc2ccccc2)c1OCc1ccc([N+](=O)[O-])cc1. The minimum absolute atomic E-state index is 0.0575. The fraction of sp³-hybridized carbons (Fsp3) is 0.217. The van der Waals surface area contributed by atoms with Crippen LogP contribution < -0.4 is 14.8 Å². The minimum Gasteiger partial charge on any atom is -0.493 e. The lowest BCUT2D eigenvalue weighted by Crippen LogP contribution is -2.18. The number of methoxy groups -OCH3 is 1. The van der Waals surface area contributed by atoms with E-state index in [1.807, 2.05) is 30.3 Å². The van der Waals surface area contributed by atoms with Gasteiger partial charge in [0.15, 0.2) is 11.5 Å². The van der Waals surface area contributed by atoms with Crippen LogP contribution in [0.25, 0.3) is 0 Å². The zero-order valence-corrected chi connectivity index (χ0v) is 18.2. The average molecular weight is 471 g/mol. The molecule has 30 heavy (non-hydrogen) atoms. The molecule has 7 heteroatoms. The van der Waals surface area contributed by atoms with Gasteiger partial charge in [0.2, 0.25) is 0 Å². The van der Waals surface area contributed by atoms with Crippen molar-refractivity contribution in [2.75, 3.05) is 13.7 Å². The van der Waals surface area contributed by atoms with Gasteiger partial charge in [0, 0.05) is 28.7 Å². The van der Waals surface area contributed by atoms with Gasteiger partial charge in [0.25, 0.3) is 5.69 Å². The highest BCUT2D eigenvalue weighted by Gasteiger charge is 2.15. The van der Waals surface area contributed by atoms with Crippen molar-refractivity contribution in [2.24, 2.45) is 0 Å². The molecule has 0 unspecified atom stereocenters. The van der Waals surface area contributed by atoms with Gasteiger partial charge in [-0.2, -0.15) is 0 Å². The summed E-state index contributed by atoms with van der Waals surface area (Å²) in [5.74, 6) is 1.29. The van der Waals surface area contributed by atoms with E-state index in [4.69, 9.17) is 9.47 Å². The van der Waals surface area contributed by atoms with Gasteiger partial charge in [-0.15, -0.1) is 0 Å². The van der Waals surface area contributed by atoms with Crippen LogP contribution in [0.3, 0.4) is 0 Å². The Morgan fingerprint density at radius 3 is 2.40 bits per heavy atom. The fourth-order valence-electron chi connectivity index (χ4n) is 3.03. The molecule has 1 N–H and O–H groups in total. The average Bonchev–Trinajstić information content (AvgIpc) is 2.77. The lowest BCUT2D eigenvalue weighted by Gasteiger charge is -2.17. The lowest BCUT2D eigenvalue weighted by molar-refractivity contribution is -0.384. The second-order valence-corrected chi connectivity index (χ2v) is 7.54. The van der Waals surface area contributed by atoms with E-state index in [-0.39, 0.29) is 12.3 Å². The quantitative estimate of drug-likeness (QED) is 0.248. The van der Waals surface area contributed by atoms with Crippen LogP contribution in [0.15, 0.2) is 71.2 Å². The fourth-order valence-corrected chi connectivity index (χ4v) is 3.48. The molecule has 6 nitrogen and oxygen atoms in total. The predicted octanol–water partition coefficient (Wildman–Crippen LogP) is 5.28. The largest absolute Gasteiger partial charge is 0.493 e.